The molecule has 214 valence electrons. The molecule has 4 fully saturated rings. The van der Waals surface area contributed by atoms with Gasteiger partial charge in [-0.3, -0.25) is 4.79 Å². The first-order valence-corrected chi connectivity index (χ1v) is 12.9. The predicted molar refractivity (Wildman–Crippen MR) is 127 cm³/mol. The summed E-state index contributed by atoms with van der Waals surface area (Å²) < 4.78 is 46.7. The Morgan fingerprint density at radius 1 is 1.16 bits per heavy atom. The lowest BCUT2D eigenvalue weighted by Crippen LogP contribution is -2.70. The monoisotopic (exact) mass is 533 g/mol. The Kier molecular flexibility index (Phi) is 8.57. The first-order chi connectivity index (χ1) is 17.5. The molecule has 0 saturated carbocycles. The summed E-state index contributed by atoms with van der Waals surface area (Å²) in [6.45, 7) is 8.16. The second-order valence-corrected chi connectivity index (χ2v) is 11.2. The lowest BCUT2D eigenvalue weighted by Gasteiger charge is -2.54. The third-order valence-electron chi connectivity index (χ3n) is 8.86. The van der Waals surface area contributed by atoms with Gasteiger partial charge in [0.25, 0.3) is 5.91 Å². The SMILES string of the molecule is CO[C@@H](CO)C[C@H]1O[C@H]2[C@H](OCO[C@H]2NC(=O)[C@@H](O)[C@@]2(OC)C[C@@]3(CO3)[C@@H](C)[C@@H](C)O2)[C@@H](OC)C1(C)C. The van der Waals surface area contributed by atoms with Crippen LogP contribution in [0.15, 0.2) is 0 Å². The Hall–Kier alpha value is -0.930. The smallest absolute Gasteiger partial charge is 0.256 e. The molecule has 4 aliphatic rings. The standard InChI is InChI=1S/C25H43NO11/c1-13-14(2)37-25(32-7,10-24(13)11-35-24)19(28)21(29)26-22-18-17(33-12-34-22)20(31-6)23(3,4)16(36-18)8-15(9-27)30-5/h13-20,22,27-28H,8-12H2,1-7H3,(H,26,29)/t13-,14+,15+,16+,17-,18-,19+,20+,22+,24+,25+/m0/s1. The van der Waals surface area contributed by atoms with E-state index in [0.717, 1.165) is 0 Å². The second-order valence-electron chi connectivity index (χ2n) is 11.2. The molecule has 0 aromatic heterocycles. The maximum atomic E-state index is 13.4. The number of carbonyl (C=O) groups is 1. The van der Waals surface area contributed by atoms with E-state index in [1.807, 2.05) is 27.7 Å². The Labute approximate surface area is 218 Å². The van der Waals surface area contributed by atoms with Crippen molar-refractivity contribution in [3.05, 3.63) is 0 Å². The lowest BCUT2D eigenvalue weighted by atomic mass is 9.72. The summed E-state index contributed by atoms with van der Waals surface area (Å²) in [6.07, 6.45) is -4.82. The number of epoxide rings is 1. The van der Waals surface area contributed by atoms with Crippen LogP contribution in [0, 0.1) is 11.3 Å². The fourth-order valence-corrected chi connectivity index (χ4v) is 6.07. The molecule has 3 N–H and O–H groups in total. The highest BCUT2D eigenvalue weighted by atomic mass is 16.7. The number of nitrogens with one attached hydrogen (secondary N) is 1. The van der Waals surface area contributed by atoms with Gasteiger partial charge in [-0.25, -0.2) is 0 Å². The first-order valence-electron chi connectivity index (χ1n) is 12.9. The fourth-order valence-electron chi connectivity index (χ4n) is 6.07. The van der Waals surface area contributed by atoms with E-state index < -0.39 is 65.6 Å². The Bertz CT molecular complexity index is 804. The number of fused-ring (bicyclic) bond motifs is 1. The van der Waals surface area contributed by atoms with Crippen molar-refractivity contribution in [2.75, 3.05) is 41.3 Å². The molecule has 0 aliphatic carbocycles. The molecule has 0 bridgehead atoms. The predicted octanol–water partition coefficient (Wildman–Crippen LogP) is -0.0749. The number of carbonyl (C=O) groups excluding carboxylic acids is 1. The molecular formula is C25H43NO11. The molecule has 12 heteroatoms. The molecule has 4 rings (SSSR count). The summed E-state index contributed by atoms with van der Waals surface area (Å²) in [5.74, 6) is -2.21. The maximum Gasteiger partial charge on any atom is 0.256 e. The van der Waals surface area contributed by atoms with Crippen LogP contribution in [-0.4, -0.2) is 118 Å². The number of hydrogen-bond donors (Lipinski definition) is 3. The van der Waals surface area contributed by atoms with E-state index in [4.69, 9.17) is 37.9 Å². The molecule has 1 spiro atoms. The normalized spacial score (nSPS) is 44.6. The van der Waals surface area contributed by atoms with Crippen molar-refractivity contribution in [2.24, 2.45) is 11.3 Å². The third kappa shape index (κ3) is 5.18. The summed E-state index contributed by atoms with van der Waals surface area (Å²) in [6, 6.07) is 0. The van der Waals surface area contributed by atoms with Gasteiger partial charge in [-0.2, -0.15) is 0 Å². The van der Waals surface area contributed by atoms with Crippen LogP contribution in [0.25, 0.3) is 0 Å². The average molecular weight is 534 g/mol. The largest absolute Gasteiger partial charge is 0.394 e. The number of aliphatic hydroxyl groups excluding tert-OH is 2. The number of rotatable bonds is 9. The van der Waals surface area contributed by atoms with Crippen LogP contribution in [0.3, 0.4) is 0 Å². The molecule has 1 amide bonds. The topological polar surface area (TPSA) is 147 Å². The van der Waals surface area contributed by atoms with Gasteiger partial charge in [0, 0.05) is 45.5 Å². The summed E-state index contributed by atoms with van der Waals surface area (Å²) in [7, 11) is 4.54. The molecule has 4 saturated heterocycles. The average Bonchev–Trinajstić information content (AvgIpc) is 3.65. The summed E-state index contributed by atoms with van der Waals surface area (Å²) >= 11 is 0. The summed E-state index contributed by atoms with van der Waals surface area (Å²) in [5, 5.41) is 23.6. The number of aliphatic hydroxyl groups is 2. The minimum atomic E-state index is -1.65. The fraction of sp³-hybridized carbons (Fsp3) is 0.960. The number of hydrogen-bond acceptors (Lipinski definition) is 11. The van der Waals surface area contributed by atoms with Gasteiger partial charge in [-0.05, 0) is 6.92 Å². The number of methoxy groups -OCH3 is 3. The van der Waals surface area contributed by atoms with Crippen molar-refractivity contribution in [1.82, 2.24) is 5.32 Å². The van der Waals surface area contributed by atoms with Crippen LogP contribution in [-0.2, 0) is 42.7 Å². The van der Waals surface area contributed by atoms with Crippen molar-refractivity contribution in [3.63, 3.8) is 0 Å². The Balaban J connectivity index is 1.52. The summed E-state index contributed by atoms with van der Waals surface area (Å²) in [5.41, 5.74) is -0.995. The first kappa shape index (κ1) is 29.1. The minimum absolute atomic E-state index is 0.0855. The van der Waals surface area contributed by atoms with E-state index in [2.05, 4.69) is 5.32 Å². The van der Waals surface area contributed by atoms with Gasteiger partial charge in [0.15, 0.2) is 12.3 Å². The molecule has 0 radical (unpaired) electrons. The molecular weight excluding hydrogens is 490 g/mol. The van der Waals surface area contributed by atoms with Crippen LogP contribution in [0.4, 0.5) is 0 Å². The zero-order chi connectivity index (χ0) is 27.2. The molecule has 0 aromatic carbocycles. The molecule has 4 heterocycles. The molecule has 37 heavy (non-hydrogen) atoms. The van der Waals surface area contributed by atoms with Crippen LogP contribution in [0.2, 0.25) is 0 Å². The molecule has 0 unspecified atom stereocenters. The van der Waals surface area contributed by atoms with Gasteiger partial charge in [0.05, 0.1) is 37.6 Å². The van der Waals surface area contributed by atoms with Gasteiger partial charge in [0.2, 0.25) is 5.79 Å². The highest BCUT2D eigenvalue weighted by Gasteiger charge is 2.64. The Morgan fingerprint density at radius 3 is 2.43 bits per heavy atom. The number of ether oxygens (including phenoxy) is 8. The van der Waals surface area contributed by atoms with E-state index in [1.54, 1.807) is 7.11 Å². The van der Waals surface area contributed by atoms with E-state index >= 15 is 0 Å². The Morgan fingerprint density at radius 2 is 1.86 bits per heavy atom. The molecule has 4 aliphatic heterocycles. The van der Waals surface area contributed by atoms with E-state index in [-0.39, 0.29) is 31.8 Å². The van der Waals surface area contributed by atoms with Crippen molar-refractivity contribution >= 4 is 5.91 Å². The van der Waals surface area contributed by atoms with Gasteiger partial charge in [-0.15, -0.1) is 0 Å². The van der Waals surface area contributed by atoms with E-state index in [0.29, 0.717) is 13.0 Å². The van der Waals surface area contributed by atoms with E-state index in [9.17, 15) is 15.0 Å². The maximum absolute atomic E-state index is 13.4. The van der Waals surface area contributed by atoms with E-state index in [1.165, 1.54) is 14.2 Å². The van der Waals surface area contributed by atoms with Crippen molar-refractivity contribution in [2.45, 2.75) is 101 Å². The third-order valence-corrected chi connectivity index (χ3v) is 8.86. The second kappa shape index (κ2) is 10.9. The van der Waals surface area contributed by atoms with Gasteiger partial charge >= 0.3 is 0 Å². The highest BCUT2D eigenvalue weighted by Crippen LogP contribution is 2.51. The molecule has 12 nitrogen and oxygen atoms in total. The molecule has 11 atom stereocenters. The van der Waals surface area contributed by atoms with Crippen LogP contribution in [0.1, 0.15) is 40.5 Å². The van der Waals surface area contributed by atoms with Gasteiger partial charge < -0.3 is 53.4 Å². The lowest BCUT2D eigenvalue weighted by molar-refractivity contribution is -0.334. The van der Waals surface area contributed by atoms with Gasteiger partial charge in [0.1, 0.15) is 24.6 Å². The minimum Gasteiger partial charge on any atom is -0.394 e. The number of amides is 1. The van der Waals surface area contributed by atoms with Gasteiger partial charge in [-0.1, -0.05) is 20.8 Å². The van der Waals surface area contributed by atoms with Crippen LogP contribution < -0.4 is 5.32 Å². The zero-order valence-corrected chi connectivity index (χ0v) is 22.8. The van der Waals surface area contributed by atoms with Crippen molar-refractivity contribution < 1.29 is 52.9 Å². The van der Waals surface area contributed by atoms with Crippen molar-refractivity contribution in [1.29, 1.82) is 0 Å². The quantitative estimate of drug-likeness (QED) is 0.342. The van der Waals surface area contributed by atoms with Crippen LogP contribution >= 0.6 is 0 Å². The summed E-state index contributed by atoms with van der Waals surface area (Å²) in [4.78, 5) is 13.4. The van der Waals surface area contributed by atoms with Crippen molar-refractivity contribution in [3.8, 4) is 0 Å². The van der Waals surface area contributed by atoms with Crippen LogP contribution in [0.5, 0.6) is 0 Å². The zero-order valence-electron chi connectivity index (χ0n) is 22.8. The highest BCUT2D eigenvalue weighted by molar-refractivity contribution is 5.82. The molecule has 0 aromatic rings.